The maximum atomic E-state index is 5.70. The van der Waals surface area contributed by atoms with Crippen LogP contribution in [0.5, 0.6) is 0 Å². The summed E-state index contributed by atoms with van der Waals surface area (Å²) in [5.41, 5.74) is 8.76. The van der Waals surface area contributed by atoms with E-state index in [-0.39, 0.29) is 0 Å². The molecule has 1 aromatic carbocycles. The molecule has 0 saturated heterocycles. The summed E-state index contributed by atoms with van der Waals surface area (Å²) in [6.45, 7) is 6.75. The zero-order valence-corrected chi connectivity index (χ0v) is 13.0. The summed E-state index contributed by atoms with van der Waals surface area (Å²) < 4.78 is 11.3. The highest BCUT2D eigenvalue weighted by molar-refractivity contribution is 7.99. The minimum atomic E-state index is 0.607. The topological polar surface area (TPSA) is 52.3 Å². The Morgan fingerprint density at radius 1 is 1.05 bits per heavy atom. The molecule has 3 nitrogen and oxygen atoms in total. The lowest BCUT2D eigenvalue weighted by Gasteiger charge is -2.07. The van der Waals surface area contributed by atoms with Gasteiger partial charge in [-0.05, 0) is 30.9 Å². The first-order chi connectivity index (χ1) is 9.86. The Kier molecular flexibility index (Phi) is 5.15. The third-order valence-electron chi connectivity index (χ3n) is 3.06. The molecule has 2 aromatic heterocycles. The van der Waals surface area contributed by atoms with E-state index in [1.807, 2.05) is 26.0 Å². The van der Waals surface area contributed by atoms with Crippen molar-refractivity contribution in [3.8, 4) is 0 Å². The fourth-order valence-corrected chi connectivity index (χ4v) is 3.26. The molecule has 4 heteroatoms. The second-order valence-corrected chi connectivity index (χ2v) is 5.38. The predicted octanol–water partition coefficient (Wildman–Crippen LogP) is 4.82. The van der Waals surface area contributed by atoms with Gasteiger partial charge < -0.3 is 14.6 Å². The van der Waals surface area contributed by atoms with Crippen molar-refractivity contribution in [1.29, 1.82) is 0 Å². The Morgan fingerprint density at radius 3 is 2.35 bits per heavy atom. The third kappa shape index (κ3) is 2.45. The molecule has 0 amide bonds. The van der Waals surface area contributed by atoms with Gasteiger partial charge in [0, 0.05) is 16.3 Å². The summed E-state index contributed by atoms with van der Waals surface area (Å²) in [5.74, 6) is 1.01. The molecule has 0 fully saturated rings. The van der Waals surface area contributed by atoms with Crippen LogP contribution in [0.3, 0.4) is 0 Å². The van der Waals surface area contributed by atoms with Crippen LogP contribution < -0.4 is 5.73 Å². The van der Waals surface area contributed by atoms with Crippen molar-refractivity contribution in [2.24, 2.45) is 5.73 Å². The maximum absolute atomic E-state index is 5.70. The van der Waals surface area contributed by atoms with Crippen molar-refractivity contribution in [2.45, 2.75) is 32.1 Å². The molecule has 3 rings (SSSR count). The summed E-state index contributed by atoms with van der Waals surface area (Å²) in [6.07, 6.45) is 4.28. The summed E-state index contributed by atoms with van der Waals surface area (Å²) >= 11 is 1.79. The molecular weight excluding hydrogens is 270 g/mol. The molecule has 108 valence electrons. The molecule has 0 radical (unpaired) electrons. The standard InChI is InChI=1S/C14H15NO2S.C2H6/c1-2-18-14-11-5-8-16-12(11)9(3-6-15)10-4-7-17-13(10)14;1-2/h4-5,7-8H,2-3,6,15H2,1H3;1-2H3. The van der Waals surface area contributed by atoms with Crippen molar-refractivity contribution in [3.63, 3.8) is 0 Å². The number of rotatable bonds is 4. The normalized spacial score (nSPS) is 10.8. The molecule has 0 aliphatic heterocycles. The van der Waals surface area contributed by atoms with Crippen molar-refractivity contribution in [1.82, 2.24) is 0 Å². The lowest BCUT2D eigenvalue weighted by Crippen LogP contribution is -2.03. The van der Waals surface area contributed by atoms with Crippen LogP contribution in [0.4, 0.5) is 0 Å². The minimum Gasteiger partial charge on any atom is -0.464 e. The number of thioether (sulfide) groups is 1. The van der Waals surface area contributed by atoms with E-state index in [0.29, 0.717) is 6.54 Å². The Labute approximate surface area is 123 Å². The van der Waals surface area contributed by atoms with Crippen LogP contribution in [0.15, 0.2) is 38.4 Å². The minimum absolute atomic E-state index is 0.607. The van der Waals surface area contributed by atoms with Gasteiger partial charge in [-0.2, -0.15) is 0 Å². The maximum Gasteiger partial charge on any atom is 0.148 e. The molecule has 0 saturated carbocycles. The van der Waals surface area contributed by atoms with E-state index in [2.05, 4.69) is 6.92 Å². The van der Waals surface area contributed by atoms with Gasteiger partial charge in [0.2, 0.25) is 0 Å². The molecule has 20 heavy (non-hydrogen) atoms. The second-order valence-electron chi connectivity index (χ2n) is 4.11. The van der Waals surface area contributed by atoms with Crippen molar-refractivity contribution < 1.29 is 8.83 Å². The number of hydrogen-bond acceptors (Lipinski definition) is 4. The van der Waals surface area contributed by atoms with Gasteiger partial charge in [0.15, 0.2) is 0 Å². The van der Waals surface area contributed by atoms with Crippen LogP contribution in [0.1, 0.15) is 26.3 Å². The monoisotopic (exact) mass is 291 g/mol. The average molecular weight is 291 g/mol. The zero-order chi connectivity index (χ0) is 14.5. The van der Waals surface area contributed by atoms with Gasteiger partial charge >= 0.3 is 0 Å². The molecule has 2 heterocycles. The summed E-state index contributed by atoms with van der Waals surface area (Å²) in [6, 6.07) is 4.01. The van der Waals surface area contributed by atoms with Crippen LogP contribution in [-0.4, -0.2) is 12.3 Å². The summed E-state index contributed by atoms with van der Waals surface area (Å²) in [5, 5.41) is 2.26. The van der Waals surface area contributed by atoms with Gasteiger partial charge in [0.25, 0.3) is 0 Å². The summed E-state index contributed by atoms with van der Waals surface area (Å²) in [7, 11) is 0. The quantitative estimate of drug-likeness (QED) is 0.700. The first-order valence-corrected chi connectivity index (χ1v) is 8.07. The number of hydrogen-bond donors (Lipinski definition) is 1. The van der Waals surface area contributed by atoms with Crippen LogP contribution in [0.25, 0.3) is 21.9 Å². The molecule has 0 spiro atoms. The Hall–Kier alpha value is -1.39. The summed E-state index contributed by atoms with van der Waals surface area (Å²) in [4.78, 5) is 1.17. The van der Waals surface area contributed by atoms with Gasteiger partial charge in [0.1, 0.15) is 11.2 Å². The molecule has 0 unspecified atom stereocenters. The smallest absolute Gasteiger partial charge is 0.148 e. The van der Waals surface area contributed by atoms with E-state index in [9.17, 15) is 0 Å². The molecule has 0 bridgehead atoms. The van der Waals surface area contributed by atoms with Gasteiger partial charge in [-0.25, -0.2) is 0 Å². The van der Waals surface area contributed by atoms with E-state index < -0.39 is 0 Å². The highest BCUT2D eigenvalue weighted by Crippen LogP contribution is 2.39. The Bertz CT molecular complexity index is 577. The van der Waals surface area contributed by atoms with Gasteiger partial charge in [-0.3, -0.25) is 0 Å². The Balaban J connectivity index is 0.000000704. The fraction of sp³-hybridized carbons (Fsp3) is 0.375. The molecule has 2 N–H and O–H groups in total. The van der Waals surface area contributed by atoms with Crippen molar-refractivity contribution >= 4 is 33.7 Å². The molecule has 0 aliphatic rings. The highest BCUT2D eigenvalue weighted by atomic mass is 32.2. The van der Waals surface area contributed by atoms with E-state index in [4.69, 9.17) is 14.6 Å². The first kappa shape index (κ1) is 15.0. The van der Waals surface area contributed by atoms with E-state index in [1.54, 1.807) is 24.3 Å². The van der Waals surface area contributed by atoms with Gasteiger partial charge in [-0.15, -0.1) is 11.8 Å². The van der Waals surface area contributed by atoms with Gasteiger partial charge in [0.05, 0.1) is 17.4 Å². The number of nitrogens with two attached hydrogens (primary N) is 1. The zero-order valence-electron chi connectivity index (χ0n) is 12.2. The van der Waals surface area contributed by atoms with Crippen LogP contribution in [0.2, 0.25) is 0 Å². The number of fused-ring (bicyclic) bond motifs is 2. The molecule has 0 aliphatic carbocycles. The van der Waals surface area contributed by atoms with Crippen molar-refractivity contribution in [2.75, 3.05) is 12.3 Å². The third-order valence-corrected chi connectivity index (χ3v) is 4.05. The van der Waals surface area contributed by atoms with E-state index >= 15 is 0 Å². The highest BCUT2D eigenvalue weighted by Gasteiger charge is 2.17. The van der Waals surface area contributed by atoms with Crippen LogP contribution >= 0.6 is 11.8 Å². The van der Waals surface area contributed by atoms with Crippen LogP contribution in [-0.2, 0) is 6.42 Å². The second kappa shape index (κ2) is 6.86. The number of furan rings is 2. The molecule has 0 atom stereocenters. The fourth-order valence-electron chi connectivity index (χ4n) is 2.37. The molecule has 3 aromatic rings. The van der Waals surface area contributed by atoms with E-state index in [0.717, 1.165) is 39.7 Å². The SMILES string of the molecule is CC.CCSc1c2ccoc2c(CCN)c2ccoc12. The Morgan fingerprint density at radius 2 is 1.70 bits per heavy atom. The number of benzene rings is 1. The first-order valence-electron chi connectivity index (χ1n) is 7.09. The lowest BCUT2D eigenvalue weighted by molar-refractivity contribution is 0.604. The van der Waals surface area contributed by atoms with E-state index in [1.165, 1.54) is 4.90 Å². The van der Waals surface area contributed by atoms with Crippen LogP contribution in [0, 0.1) is 0 Å². The average Bonchev–Trinajstić information content (AvgIpc) is 3.13. The largest absolute Gasteiger partial charge is 0.464 e. The molecular formula is C16H21NO2S. The van der Waals surface area contributed by atoms with Gasteiger partial charge in [-0.1, -0.05) is 20.8 Å². The lowest BCUT2D eigenvalue weighted by atomic mass is 10.0. The predicted molar refractivity (Wildman–Crippen MR) is 86.5 cm³/mol. The van der Waals surface area contributed by atoms with Crippen molar-refractivity contribution in [3.05, 3.63) is 30.2 Å².